The summed E-state index contributed by atoms with van der Waals surface area (Å²) in [6.45, 7) is 1.80. The molecule has 0 spiro atoms. The summed E-state index contributed by atoms with van der Waals surface area (Å²) < 4.78 is 62.2. The molecule has 1 atom stereocenters. The number of rotatable bonds is 9. The fraction of sp³-hybridized carbons (Fsp3) is 0.400. The van der Waals surface area contributed by atoms with E-state index in [2.05, 4.69) is 30.3 Å². The SMILES string of the molecule is O=S(=O)(CC1CCC1)Nc1ccc(Oc2ncccc2-c2ccnc(N[C@H]3CCCNC3)n2)c(F)c1F. The van der Waals surface area contributed by atoms with Crippen molar-refractivity contribution in [1.29, 1.82) is 0 Å². The van der Waals surface area contributed by atoms with Gasteiger partial charge in [-0.2, -0.15) is 4.39 Å². The molecule has 0 bridgehead atoms. The summed E-state index contributed by atoms with van der Waals surface area (Å²) in [6, 6.07) is 7.56. The molecule has 2 aliphatic rings. The summed E-state index contributed by atoms with van der Waals surface area (Å²) in [5.74, 6) is -2.71. The van der Waals surface area contributed by atoms with Gasteiger partial charge in [-0.15, -0.1) is 0 Å². The van der Waals surface area contributed by atoms with Crippen molar-refractivity contribution in [2.24, 2.45) is 5.92 Å². The molecule has 1 aliphatic carbocycles. The van der Waals surface area contributed by atoms with Crippen LogP contribution < -0.4 is 20.1 Å². The predicted molar refractivity (Wildman–Crippen MR) is 136 cm³/mol. The van der Waals surface area contributed by atoms with E-state index in [0.717, 1.165) is 51.3 Å². The first-order valence-corrected chi connectivity index (χ1v) is 14.0. The van der Waals surface area contributed by atoms with Crippen molar-refractivity contribution >= 4 is 21.7 Å². The molecular formula is C25H28F2N6O3S. The summed E-state index contributed by atoms with van der Waals surface area (Å²) in [4.78, 5) is 13.0. The number of hydrogen-bond acceptors (Lipinski definition) is 8. The van der Waals surface area contributed by atoms with E-state index in [1.165, 1.54) is 12.3 Å². The van der Waals surface area contributed by atoms with Crippen LogP contribution in [0.2, 0.25) is 0 Å². The number of nitrogens with one attached hydrogen (secondary N) is 3. The zero-order chi connectivity index (χ0) is 25.8. The molecule has 196 valence electrons. The van der Waals surface area contributed by atoms with Gasteiger partial charge >= 0.3 is 0 Å². The van der Waals surface area contributed by atoms with E-state index in [-0.39, 0.29) is 23.6 Å². The maximum absolute atomic E-state index is 14.9. The van der Waals surface area contributed by atoms with E-state index in [9.17, 15) is 17.2 Å². The summed E-state index contributed by atoms with van der Waals surface area (Å²) in [7, 11) is -3.80. The summed E-state index contributed by atoms with van der Waals surface area (Å²) >= 11 is 0. The maximum Gasteiger partial charge on any atom is 0.233 e. The first-order valence-electron chi connectivity index (χ1n) is 12.3. The second-order valence-corrected chi connectivity index (χ2v) is 11.1. The number of piperidine rings is 1. The van der Waals surface area contributed by atoms with Gasteiger partial charge in [-0.05, 0) is 68.5 Å². The molecule has 37 heavy (non-hydrogen) atoms. The Labute approximate surface area is 214 Å². The van der Waals surface area contributed by atoms with Crippen LogP contribution in [-0.2, 0) is 10.0 Å². The third kappa shape index (κ3) is 6.13. The Morgan fingerprint density at radius 3 is 2.65 bits per heavy atom. The molecule has 3 N–H and O–H groups in total. The Balaban J connectivity index is 1.35. The van der Waals surface area contributed by atoms with Crippen LogP contribution in [-0.4, -0.2) is 48.3 Å². The van der Waals surface area contributed by atoms with E-state index in [1.807, 2.05) is 0 Å². The fourth-order valence-corrected chi connectivity index (χ4v) is 5.91. The van der Waals surface area contributed by atoms with Crippen molar-refractivity contribution in [3.05, 3.63) is 54.4 Å². The molecule has 2 fully saturated rings. The number of halogens is 2. The molecule has 1 aromatic carbocycles. The van der Waals surface area contributed by atoms with Crippen molar-refractivity contribution in [2.45, 2.75) is 38.1 Å². The van der Waals surface area contributed by atoms with Crippen molar-refractivity contribution in [3.63, 3.8) is 0 Å². The minimum absolute atomic E-state index is 0.0168. The van der Waals surface area contributed by atoms with Gasteiger partial charge in [0.05, 0.1) is 22.7 Å². The third-order valence-corrected chi connectivity index (χ3v) is 7.97. The Bertz CT molecular complexity index is 1360. The molecule has 2 aromatic heterocycles. The highest BCUT2D eigenvalue weighted by molar-refractivity contribution is 7.92. The number of nitrogens with zero attached hydrogens (tertiary/aromatic N) is 3. The Hall–Kier alpha value is -3.38. The normalized spacial score (nSPS) is 18.2. The monoisotopic (exact) mass is 530 g/mol. The molecule has 5 rings (SSSR count). The lowest BCUT2D eigenvalue weighted by Gasteiger charge is -2.25. The highest BCUT2D eigenvalue weighted by Crippen LogP contribution is 2.35. The average molecular weight is 531 g/mol. The van der Waals surface area contributed by atoms with Gasteiger partial charge < -0.3 is 15.4 Å². The quantitative estimate of drug-likeness (QED) is 0.375. The fourth-order valence-electron chi connectivity index (χ4n) is 4.38. The number of benzene rings is 1. The molecule has 0 unspecified atom stereocenters. The van der Waals surface area contributed by atoms with Gasteiger partial charge in [-0.1, -0.05) is 6.42 Å². The molecule has 1 saturated carbocycles. The van der Waals surface area contributed by atoms with E-state index in [4.69, 9.17) is 4.74 Å². The average Bonchev–Trinajstić information content (AvgIpc) is 2.87. The number of sulfonamides is 1. The number of pyridine rings is 1. The molecule has 3 aromatic rings. The largest absolute Gasteiger partial charge is 0.435 e. The van der Waals surface area contributed by atoms with Crippen LogP contribution >= 0.6 is 0 Å². The number of aromatic nitrogens is 3. The second-order valence-electron chi connectivity index (χ2n) is 9.33. The van der Waals surface area contributed by atoms with Crippen LogP contribution in [0, 0.1) is 17.6 Å². The Morgan fingerprint density at radius 2 is 1.89 bits per heavy atom. The van der Waals surface area contributed by atoms with Gasteiger partial charge in [-0.3, -0.25) is 4.72 Å². The van der Waals surface area contributed by atoms with Gasteiger partial charge in [0.25, 0.3) is 0 Å². The highest BCUT2D eigenvalue weighted by Gasteiger charge is 2.26. The zero-order valence-corrected chi connectivity index (χ0v) is 20.9. The van der Waals surface area contributed by atoms with Gasteiger partial charge in [0, 0.05) is 25.0 Å². The first kappa shape index (κ1) is 25.3. The molecule has 9 nitrogen and oxygen atoms in total. The molecular weight excluding hydrogens is 502 g/mol. The van der Waals surface area contributed by atoms with Gasteiger partial charge in [0.15, 0.2) is 11.6 Å². The molecule has 3 heterocycles. The van der Waals surface area contributed by atoms with Crippen LogP contribution in [0.25, 0.3) is 11.3 Å². The lowest BCUT2D eigenvalue weighted by molar-refractivity contribution is 0.347. The van der Waals surface area contributed by atoms with E-state index in [1.54, 1.807) is 24.4 Å². The van der Waals surface area contributed by atoms with Crippen LogP contribution in [0.15, 0.2) is 42.7 Å². The van der Waals surface area contributed by atoms with Gasteiger partial charge in [0.1, 0.15) is 0 Å². The zero-order valence-electron chi connectivity index (χ0n) is 20.1. The molecule has 12 heteroatoms. The highest BCUT2D eigenvalue weighted by atomic mass is 32.2. The maximum atomic E-state index is 14.9. The second kappa shape index (κ2) is 10.9. The lowest BCUT2D eigenvalue weighted by atomic mass is 9.87. The van der Waals surface area contributed by atoms with Gasteiger partial charge in [-0.25, -0.2) is 27.8 Å². The third-order valence-electron chi connectivity index (χ3n) is 6.53. The van der Waals surface area contributed by atoms with Crippen LogP contribution in [0.5, 0.6) is 11.6 Å². The summed E-state index contributed by atoms with van der Waals surface area (Å²) in [6.07, 6.45) is 7.74. The minimum atomic E-state index is -3.80. The molecule has 1 saturated heterocycles. The summed E-state index contributed by atoms with van der Waals surface area (Å²) in [5.41, 5.74) is 0.486. The van der Waals surface area contributed by atoms with E-state index >= 15 is 0 Å². The first-order chi connectivity index (χ1) is 17.9. The molecule has 1 aliphatic heterocycles. The van der Waals surface area contributed by atoms with Crippen LogP contribution in [0.4, 0.5) is 20.4 Å². The lowest BCUT2D eigenvalue weighted by Crippen LogP contribution is -2.38. The van der Waals surface area contributed by atoms with E-state index < -0.39 is 33.1 Å². The van der Waals surface area contributed by atoms with Gasteiger partial charge in [0.2, 0.25) is 27.7 Å². The van der Waals surface area contributed by atoms with Crippen molar-refractivity contribution < 1.29 is 21.9 Å². The Kier molecular flexibility index (Phi) is 7.47. The number of anilines is 2. The summed E-state index contributed by atoms with van der Waals surface area (Å²) in [5, 5.41) is 6.63. The smallest absolute Gasteiger partial charge is 0.233 e. The molecule has 0 radical (unpaired) electrons. The number of ether oxygens (including phenoxy) is 1. The number of hydrogen-bond donors (Lipinski definition) is 3. The minimum Gasteiger partial charge on any atom is -0.435 e. The Morgan fingerprint density at radius 1 is 1.03 bits per heavy atom. The van der Waals surface area contributed by atoms with Crippen molar-refractivity contribution in [2.75, 3.05) is 28.9 Å². The predicted octanol–water partition coefficient (Wildman–Crippen LogP) is 4.31. The topological polar surface area (TPSA) is 118 Å². The van der Waals surface area contributed by atoms with Crippen molar-refractivity contribution in [1.82, 2.24) is 20.3 Å². The van der Waals surface area contributed by atoms with E-state index in [0.29, 0.717) is 17.2 Å². The van der Waals surface area contributed by atoms with Crippen molar-refractivity contribution in [3.8, 4) is 22.9 Å². The molecule has 0 amide bonds. The standard InChI is InChI=1S/C25H28F2N6O3S/c26-22-20(33-37(34,35)15-16-4-1-5-16)8-9-21(23(22)27)36-24-18(7-3-12-29-24)19-10-13-30-25(32-19)31-17-6-2-11-28-14-17/h3,7-10,12-13,16-17,28,33H,1-2,4-6,11,14-15H2,(H,30,31,32)/t17-/m0/s1. The van der Waals surface area contributed by atoms with Crippen LogP contribution in [0.3, 0.4) is 0 Å². The van der Waals surface area contributed by atoms with Crippen LogP contribution in [0.1, 0.15) is 32.1 Å².